The van der Waals surface area contributed by atoms with Gasteiger partial charge in [-0.25, -0.2) is 0 Å². The van der Waals surface area contributed by atoms with Crippen molar-refractivity contribution in [1.82, 2.24) is 15.4 Å². The molecule has 0 bridgehead atoms. The van der Waals surface area contributed by atoms with Crippen LogP contribution in [-0.2, 0) is 10.0 Å². The molecule has 0 amide bonds. The third-order valence-electron chi connectivity index (χ3n) is 1.52. The molecule has 2 heterocycles. The van der Waals surface area contributed by atoms with E-state index in [1.54, 1.807) is 6.92 Å². The van der Waals surface area contributed by atoms with Gasteiger partial charge < -0.3 is 10.3 Å². The lowest BCUT2D eigenvalue weighted by Crippen LogP contribution is -2.12. The molecule has 0 aliphatic rings. The number of nitrogens with two attached hydrogens (primary N) is 1. The van der Waals surface area contributed by atoms with E-state index < -0.39 is 10.0 Å². The Balaban J connectivity index is 2.27. The summed E-state index contributed by atoms with van der Waals surface area (Å²) in [4.78, 5) is 0. The van der Waals surface area contributed by atoms with E-state index >= 15 is 0 Å². The standard InChI is InChI=1S/C6H7N5O3S2/c1-3-2-4(10-14-3)11-16(12,13)6-9-8-5(7)15-6/h2H,1H3,(H2,7,8)(H,10,11). The van der Waals surface area contributed by atoms with Gasteiger partial charge in [0.1, 0.15) is 5.76 Å². The number of hydrogen-bond donors (Lipinski definition) is 2. The fourth-order valence-corrected chi connectivity index (χ4v) is 2.69. The Hall–Kier alpha value is -1.68. The van der Waals surface area contributed by atoms with E-state index in [0.717, 1.165) is 11.3 Å². The minimum absolute atomic E-state index is 0.0803. The largest absolute Gasteiger partial charge is 0.374 e. The topological polar surface area (TPSA) is 124 Å². The number of nitrogens with zero attached hydrogens (tertiary/aromatic N) is 3. The molecule has 2 aromatic heterocycles. The highest BCUT2D eigenvalue weighted by Crippen LogP contribution is 2.20. The maximum absolute atomic E-state index is 11.7. The number of aryl methyl sites for hydroxylation is 1. The van der Waals surface area contributed by atoms with Crippen LogP contribution in [-0.4, -0.2) is 23.8 Å². The van der Waals surface area contributed by atoms with Gasteiger partial charge >= 0.3 is 0 Å². The first-order valence-corrected chi connectivity index (χ1v) is 6.32. The van der Waals surface area contributed by atoms with Crippen LogP contribution in [0, 0.1) is 6.92 Å². The smallest absolute Gasteiger partial charge is 0.292 e. The van der Waals surface area contributed by atoms with Crippen LogP contribution in [0.1, 0.15) is 5.76 Å². The molecule has 0 spiro atoms. The molecule has 0 atom stereocenters. The van der Waals surface area contributed by atoms with Gasteiger partial charge in [0.2, 0.25) is 5.13 Å². The summed E-state index contributed by atoms with van der Waals surface area (Å²) in [6, 6.07) is 1.45. The normalized spacial score (nSPS) is 11.6. The van der Waals surface area contributed by atoms with Crippen LogP contribution in [0.3, 0.4) is 0 Å². The summed E-state index contributed by atoms with van der Waals surface area (Å²) in [5.41, 5.74) is 5.29. The highest BCUT2D eigenvalue weighted by molar-refractivity contribution is 7.94. The Morgan fingerprint density at radius 2 is 2.25 bits per heavy atom. The van der Waals surface area contributed by atoms with Gasteiger partial charge in [-0.05, 0) is 6.92 Å². The fraction of sp³-hybridized carbons (Fsp3) is 0.167. The number of rotatable bonds is 3. The Bertz CT molecular complexity index is 601. The molecule has 0 radical (unpaired) electrons. The van der Waals surface area contributed by atoms with E-state index in [1.807, 2.05) is 0 Å². The number of nitrogen functional groups attached to an aromatic ring is 1. The Labute approximate surface area is 94.5 Å². The van der Waals surface area contributed by atoms with Crippen molar-refractivity contribution in [2.45, 2.75) is 11.3 Å². The van der Waals surface area contributed by atoms with Crippen LogP contribution in [0.15, 0.2) is 14.9 Å². The molecule has 86 valence electrons. The number of sulfonamides is 1. The average Bonchev–Trinajstić information content (AvgIpc) is 2.75. The molecule has 0 aliphatic carbocycles. The Kier molecular flexibility index (Phi) is 2.52. The molecule has 0 saturated heterocycles. The third kappa shape index (κ3) is 2.12. The highest BCUT2D eigenvalue weighted by atomic mass is 32.2. The summed E-state index contributed by atoms with van der Waals surface area (Å²) in [5.74, 6) is 0.584. The average molecular weight is 261 g/mol. The van der Waals surface area contributed by atoms with Gasteiger partial charge in [-0.15, -0.1) is 10.2 Å². The molecular weight excluding hydrogens is 254 g/mol. The second kappa shape index (κ2) is 3.72. The van der Waals surface area contributed by atoms with E-state index in [-0.39, 0.29) is 15.3 Å². The predicted molar refractivity (Wildman–Crippen MR) is 56.4 cm³/mol. The van der Waals surface area contributed by atoms with Crippen LogP contribution in [0.2, 0.25) is 0 Å². The minimum Gasteiger partial charge on any atom is -0.374 e. The first kappa shape index (κ1) is 10.8. The van der Waals surface area contributed by atoms with Gasteiger partial charge in [-0.3, -0.25) is 4.72 Å². The van der Waals surface area contributed by atoms with E-state index in [0.29, 0.717) is 5.76 Å². The summed E-state index contributed by atoms with van der Waals surface area (Å²) >= 11 is 0.767. The molecule has 0 unspecified atom stereocenters. The third-order valence-corrected chi connectivity index (χ3v) is 3.99. The van der Waals surface area contributed by atoms with Gasteiger partial charge in [0.15, 0.2) is 5.82 Å². The first-order valence-electron chi connectivity index (χ1n) is 4.02. The lowest BCUT2D eigenvalue weighted by atomic mass is 10.5. The van der Waals surface area contributed by atoms with E-state index in [2.05, 4.69) is 20.1 Å². The van der Waals surface area contributed by atoms with E-state index in [1.165, 1.54) is 6.07 Å². The molecule has 8 nitrogen and oxygen atoms in total. The maximum Gasteiger partial charge on any atom is 0.292 e. The second-order valence-corrected chi connectivity index (χ2v) is 5.70. The summed E-state index contributed by atoms with van der Waals surface area (Å²) in [6.45, 7) is 1.65. The zero-order chi connectivity index (χ0) is 11.8. The van der Waals surface area contributed by atoms with Gasteiger partial charge in [-0.2, -0.15) is 8.42 Å². The van der Waals surface area contributed by atoms with Crippen molar-refractivity contribution in [2.24, 2.45) is 0 Å². The second-order valence-electron chi connectivity index (χ2n) is 2.83. The van der Waals surface area contributed by atoms with Crippen LogP contribution >= 0.6 is 11.3 Å². The van der Waals surface area contributed by atoms with Crippen molar-refractivity contribution in [3.05, 3.63) is 11.8 Å². The molecule has 16 heavy (non-hydrogen) atoms. The molecule has 10 heteroatoms. The summed E-state index contributed by atoms with van der Waals surface area (Å²) in [6.07, 6.45) is 0. The van der Waals surface area contributed by atoms with Crippen molar-refractivity contribution in [2.75, 3.05) is 10.5 Å². The van der Waals surface area contributed by atoms with Gasteiger partial charge in [-0.1, -0.05) is 16.5 Å². The molecule has 0 saturated carbocycles. The zero-order valence-corrected chi connectivity index (χ0v) is 9.67. The fourth-order valence-electron chi connectivity index (χ4n) is 0.925. The molecule has 3 N–H and O–H groups in total. The number of hydrogen-bond acceptors (Lipinski definition) is 8. The van der Waals surface area contributed by atoms with Gasteiger partial charge in [0.25, 0.3) is 14.4 Å². The molecule has 0 aromatic carbocycles. The van der Waals surface area contributed by atoms with Crippen LogP contribution in [0.4, 0.5) is 10.9 Å². The zero-order valence-electron chi connectivity index (χ0n) is 8.04. The SMILES string of the molecule is Cc1cc(NS(=O)(=O)c2nnc(N)s2)no1. The lowest BCUT2D eigenvalue weighted by molar-refractivity contribution is 0.400. The van der Waals surface area contributed by atoms with E-state index in [4.69, 9.17) is 10.3 Å². The lowest BCUT2D eigenvalue weighted by Gasteiger charge is -1.98. The Morgan fingerprint density at radius 1 is 1.50 bits per heavy atom. The summed E-state index contributed by atoms with van der Waals surface area (Å²) in [5, 5.41) is 10.4. The van der Waals surface area contributed by atoms with Crippen molar-refractivity contribution in [3.8, 4) is 0 Å². The highest BCUT2D eigenvalue weighted by Gasteiger charge is 2.20. The molecular formula is C6H7N5O3S2. The van der Waals surface area contributed by atoms with E-state index in [9.17, 15) is 8.42 Å². The molecule has 2 rings (SSSR count). The van der Waals surface area contributed by atoms with Crippen molar-refractivity contribution in [3.63, 3.8) is 0 Å². The van der Waals surface area contributed by atoms with Crippen LogP contribution < -0.4 is 10.5 Å². The molecule has 0 fully saturated rings. The number of aromatic nitrogens is 3. The monoisotopic (exact) mass is 261 g/mol. The van der Waals surface area contributed by atoms with Crippen LogP contribution in [0.25, 0.3) is 0 Å². The molecule has 2 aromatic rings. The van der Waals surface area contributed by atoms with Crippen molar-refractivity contribution < 1.29 is 12.9 Å². The number of anilines is 2. The molecule has 0 aliphatic heterocycles. The quantitative estimate of drug-likeness (QED) is 0.809. The van der Waals surface area contributed by atoms with Crippen molar-refractivity contribution >= 4 is 32.3 Å². The van der Waals surface area contributed by atoms with Crippen LogP contribution in [0.5, 0.6) is 0 Å². The summed E-state index contributed by atoms with van der Waals surface area (Å²) in [7, 11) is -3.79. The summed E-state index contributed by atoms with van der Waals surface area (Å²) < 4.78 is 30.1. The first-order chi connectivity index (χ1) is 7.47. The van der Waals surface area contributed by atoms with Gasteiger partial charge in [0, 0.05) is 6.07 Å². The Morgan fingerprint density at radius 3 is 2.75 bits per heavy atom. The predicted octanol–water partition coefficient (Wildman–Crippen LogP) is 0.218. The minimum atomic E-state index is -3.79. The number of nitrogens with one attached hydrogen (secondary N) is 1. The maximum atomic E-state index is 11.7. The van der Waals surface area contributed by atoms with Gasteiger partial charge in [0.05, 0.1) is 0 Å². The van der Waals surface area contributed by atoms with Crippen molar-refractivity contribution in [1.29, 1.82) is 0 Å².